The molecular weight excluding hydrogens is 392 g/mol. The Bertz CT molecular complexity index is 1050. The Balaban J connectivity index is 1.83. The van der Waals surface area contributed by atoms with Crippen LogP contribution < -0.4 is 5.32 Å². The van der Waals surface area contributed by atoms with Crippen LogP contribution in [-0.4, -0.2) is 39.8 Å². The first-order chi connectivity index (χ1) is 14.5. The van der Waals surface area contributed by atoms with E-state index in [4.69, 9.17) is 17.0 Å². The molecule has 4 rings (SSSR count). The maximum absolute atomic E-state index is 5.73. The number of rotatable bonds is 6. The molecule has 0 saturated carbocycles. The minimum Gasteiger partial charge on any atom is -0.383 e. The molecule has 1 aliphatic rings. The van der Waals surface area contributed by atoms with Crippen molar-refractivity contribution in [1.82, 2.24) is 19.8 Å². The molecule has 5 nitrogen and oxygen atoms in total. The lowest BCUT2D eigenvalue weighted by atomic mass is 9.97. The number of nitrogens with zero attached hydrogens (tertiary/aromatic N) is 3. The summed E-state index contributed by atoms with van der Waals surface area (Å²) in [5, 5.41) is 4.26. The molecule has 1 saturated heterocycles. The Morgan fingerprint density at radius 3 is 2.57 bits per heavy atom. The molecule has 0 spiro atoms. The Hall–Kier alpha value is -2.70. The van der Waals surface area contributed by atoms with Crippen LogP contribution in [0.3, 0.4) is 0 Å². The van der Waals surface area contributed by atoms with Crippen molar-refractivity contribution in [3.8, 4) is 5.69 Å². The summed E-state index contributed by atoms with van der Waals surface area (Å²) in [6, 6.07) is 16.9. The van der Waals surface area contributed by atoms with Gasteiger partial charge in [-0.05, 0) is 68.4 Å². The predicted molar refractivity (Wildman–Crippen MR) is 124 cm³/mol. The second kappa shape index (κ2) is 8.58. The Morgan fingerprint density at radius 2 is 1.87 bits per heavy atom. The van der Waals surface area contributed by atoms with Crippen LogP contribution in [0.5, 0.6) is 0 Å². The molecule has 0 radical (unpaired) electrons. The summed E-state index contributed by atoms with van der Waals surface area (Å²) in [5.74, 6) is 0. The number of nitrogens with one attached hydrogen (secondary N) is 1. The molecule has 2 aromatic heterocycles. The number of hydrogen-bond donors (Lipinski definition) is 1. The fourth-order valence-corrected chi connectivity index (χ4v) is 4.78. The molecule has 0 aliphatic carbocycles. The molecule has 1 N–H and O–H groups in total. The van der Waals surface area contributed by atoms with Crippen molar-refractivity contribution in [2.45, 2.75) is 32.9 Å². The van der Waals surface area contributed by atoms with Gasteiger partial charge in [-0.1, -0.05) is 24.3 Å². The SMILES string of the molecule is COCCN1C(=S)N[C@@H](c2ccccn2)[C@H]1c1cc(C)n(-c2ccccc2C)c1C. The van der Waals surface area contributed by atoms with E-state index >= 15 is 0 Å². The molecule has 6 heteroatoms. The zero-order chi connectivity index (χ0) is 21.3. The van der Waals surface area contributed by atoms with Gasteiger partial charge in [-0.25, -0.2) is 0 Å². The van der Waals surface area contributed by atoms with Crippen LogP contribution in [0.4, 0.5) is 0 Å². The molecule has 0 unspecified atom stereocenters. The zero-order valence-corrected chi connectivity index (χ0v) is 18.7. The Kier molecular flexibility index (Phi) is 5.88. The third-order valence-corrected chi connectivity index (χ3v) is 6.23. The van der Waals surface area contributed by atoms with E-state index in [2.05, 4.69) is 76.9 Å². The molecule has 2 atom stereocenters. The fourth-order valence-electron chi connectivity index (χ4n) is 4.45. The van der Waals surface area contributed by atoms with Crippen LogP contribution in [0.2, 0.25) is 0 Å². The van der Waals surface area contributed by atoms with Crippen molar-refractivity contribution < 1.29 is 4.74 Å². The molecule has 30 heavy (non-hydrogen) atoms. The average molecular weight is 421 g/mol. The summed E-state index contributed by atoms with van der Waals surface area (Å²) in [7, 11) is 1.72. The highest BCUT2D eigenvalue weighted by Gasteiger charge is 2.41. The van der Waals surface area contributed by atoms with Gasteiger partial charge in [-0.3, -0.25) is 4.98 Å². The maximum Gasteiger partial charge on any atom is 0.170 e. The lowest BCUT2D eigenvalue weighted by Crippen LogP contribution is -2.32. The number of hydrogen-bond acceptors (Lipinski definition) is 3. The summed E-state index contributed by atoms with van der Waals surface area (Å²) in [5.41, 5.74) is 7.15. The molecule has 1 aliphatic heterocycles. The molecule has 0 amide bonds. The van der Waals surface area contributed by atoms with Gasteiger partial charge in [0.05, 0.1) is 24.4 Å². The van der Waals surface area contributed by atoms with Crippen molar-refractivity contribution in [3.63, 3.8) is 0 Å². The van der Waals surface area contributed by atoms with Gasteiger partial charge in [0, 0.05) is 36.9 Å². The summed E-state index contributed by atoms with van der Waals surface area (Å²) in [6.07, 6.45) is 1.84. The van der Waals surface area contributed by atoms with E-state index < -0.39 is 0 Å². The van der Waals surface area contributed by atoms with Gasteiger partial charge < -0.3 is 19.5 Å². The highest BCUT2D eigenvalue weighted by atomic mass is 32.1. The average Bonchev–Trinajstić information content (AvgIpc) is 3.23. The van der Waals surface area contributed by atoms with E-state index in [1.807, 2.05) is 18.3 Å². The number of thiocarbonyl (C=S) groups is 1. The number of aryl methyl sites for hydroxylation is 2. The zero-order valence-electron chi connectivity index (χ0n) is 17.9. The second-order valence-corrected chi connectivity index (χ2v) is 8.15. The summed E-state index contributed by atoms with van der Waals surface area (Å²) in [6.45, 7) is 7.86. The summed E-state index contributed by atoms with van der Waals surface area (Å²) in [4.78, 5) is 6.87. The number of aromatic nitrogens is 2. The molecule has 0 bridgehead atoms. The number of ether oxygens (including phenoxy) is 1. The minimum atomic E-state index is -0.0126. The molecule has 3 heterocycles. The number of benzene rings is 1. The van der Waals surface area contributed by atoms with Gasteiger partial charge >= 0.3 is 0 Å². The lowest BCUT2D eigenvalue weighted by Gasteiger charge is -2.28. The van der Waals surface area contributed by atoms with E-state index in [9.17, 15) is 0 Å². The molecule has 3 aromatic rings. The van der Waals surface area contributed by atoms with E-state index in [0.717, 1.165) is 17.4 Å². The number of methoxy groups -OCH3 is 1. The fraction of sp³-hybridized carbons (Fsp3) is 0.333. The van der Waals surface area contributed by atoms with Crippen LogP contribution in [0.25, 0.3) is 5.69 Å². The molecule has 156 valence electrons. The topological polar surface area (TPSA) is 42.3 Å². The number of pyridine rings is 1. The third-order valence-electron chi connectivity index (χ3n) is 5.88. The Labute approximate surface area is 183 Å². The predicted octanol–water partition coefficient (Wildman–Crippen LogP) is 4.42. The summed E-state index contributed by atoms with van der Waals surface area (Å²) >= 11 is 5.73. The van der Waals surface area contributed by atoms with Crippen molar-refractivity contribution >= 4 is 17.3 Å². The lowest BCUT2D eigenvalue weighted by molar-refractivity contribution is 0.164. The van der Waals surface area contributed by atoms with E-state index in [1.54, 1.807) is 7.11 Å². The van der Waals surface area contributed by atoms with Crippen molar-refractivity contribution in [2.24, 2.45) is 0 Å². The van der Waals surface area contributed by atoms with Gasteiger partial charge in [0.25, 0.3) is 0 Å². The van der Waals surface area contributed by atoms with Gasteiger partial charge in [-0.15, -0.1) is 0 Å². The van der Waals surface area contributed by atoms with Gasteiger partial charge in [0.1, 0.15) is 0 Å². The third kappa shape index (κ3) is 3.61. The Morgan fingerprint density at radius 1 is 1.10 bits per heavy atom. The van der Waals surface area contributed by atoms with Crippen molar-refractivity contribution in [3.05, 3.63) is 82.9 Å². The quantitative estimate of drug-likeness (QED) is 0.598. The minimum absolute atomic E-state index is 0.0126. The molecular formula is C24H28N4OS. The van der Waals surface area contributed by atoms with E-state index in [1.165, 1.54) is 28.2 Å². The monoisotopic (exact) mass is 420 g/mol. The molecule has 1 aromatic carbocycles. The normalized spacial score (nSPS) is 18.7. The van der Waals surface area contributed by atoms with Gasteiger partial charge in [0.2, 0.25) is 0 Å². The standard InChI is InChI=1S/C24H28N4OS/c1-16-9-5-6-11-21(16)28-17(2)15-19(18(28)3)23-22(20-10-7-8-12-25-20)26-24(30)27(23)13-14-29-4/h5-12,15,22-23H,13-14H2,1-4H3,(H,26,30)/t22-,23+/m0/s1. The number of para-hydroxylation sites is 1. The van der Waals surface area contributed by atoms with Crippen molar-refractivity contribution in [1.29, 1.82) is 0 Å². The first kappa shape index (κ1) is 20.6. The van der Waals surface area contributed by atoms with Crippen LogP contribution in [0.15, 0.2) is 54.7 Å². The first-order valence-electron chi connectivity index (χ1n) is 10.2. The summed E-state index contributed by atoms with van der Waals surface area (Å²) < 4.78 is 7.71. The maximum atomic E-state index is 5.73. The van der Waals surface area contributed by atoms with Crippen LogP contribution in [0.1, 0.15) is 40.3 Å². The van der Waals surface area contributed by atoms with Crippen LogP contribution in [-0.2, 0) is 4.74 Å². The second-order valence-electron chi connectivity index (χ2n) is 7.76. The smallest absolute Gasteiger partial charge is 0.170 e. The highest BCUT2D eigenvalue weighted by molar-refractivity contribution is 7.80. The van der Waals surface area contributed by atoms with Crippen LogP contribution >= 0.6 is 12.2 Å². The highest BCUT2D eigenvalue weighted by Crippen LogP contribution is 2.41. The van der Waals surface area contributed by atoms with E-state index in [-0.39, 0.29) is 12.1 Å². The largest absolute Gasteiger partial charge is 0.383 e. The molecule has 1 fully saturated rings. The van der Waals surface area contributed by atoms with Crippen LogP contribution in [0, 0.1) is 20.8 Å². The first-order valence-corrected chi connectivity index (χ1v) is 10.7. The van der Waals surface area contributed by atoms with Gasteiger partial charge in [-0.2, -0.15) is 0 Å². The van der Waals surface area contributed by atoms with Gasteiger partial charge in [0.15, 0.2) is 5.11 Å². The van der Waals surface area contributed by atoms with Crippen molar-refractivity contribution in [2.75, 3.05) is 20.3 Å². The van der Waals surface area contributed by atoms with E-state index in [0.29, 0.717) is 6.61 Å².